The lowest BCUT2D eigenvalue weighted by Gasteiger charge is -2.27. The molecule has 0 radical (unpaired) electrons. The van der Waals surface area contributed by atoms with Gasteiger partial charge in [-0.25, -0.2) is 0 Å². The van der Waals surface area contributed by atoms with Crippen molar-refractivity contribution in [2.45, 2.75) is 38.3 Å². The Morgan fingerprint density at radius 1 is 1.62 bits per heavy atom. The molecule has 92 valence electrons. The summed E-state index contributed by atoms with van der Waals surface area (Å²) in [5.74, 6) is 0. The molecule has 2 rings (SSSR count). The lowest BCUT2D eigenvalue weighted by atomic mass is 10.1. The fraction of sp³-hybridized carbons (Fsp3) is 0.667. The molecule has 1 saturated heterocycles. The zero-order valence-electron chi connectivity index (χ0n) is 9.74. The summed E-state index contributed by atoms with van der Waals surface area (Å²) in [5, 5.41) is 9.30. The second-order valence-electron chi connectivity index (χ2n) is 4.39. The van der Waals surface area contributed by atoms with Gasteiger partial charge in [0.2, 0.25) is 0 Å². The number of rotatable bonds is 4. The van der Waals surface area contributed by atoms with Crippen LogP contribution in [0, 0.1) is 0 Å². The van der Waals surface area contributed by atoms with E-state index in [0.717, 1.165) is 13.0 Å². The molecule has 4 heteroatoms. The third kappa shape index (κ3) is 4.42. The molecular formula is C12H21ClN2S. The van der Waals surface area contributed by atoms with Gasteiger partial charge in [0.25, 0.3) is 0 Å². The van der Waals surface area contributed by atoms with Gasteiger partial charge < -0.3 is 10.6 Å². The highest BCUT2D eigenvalue weighted by Gasteiger charge is 2.15. The maximum absolute atomic E-state index is 3.70. The van der Waals surface area contributed by atoms with Crippen LogP contribution in [-0.4, -0.2) is 25.2 Å². The van der Waals surface area contributed by atoms with Crippen molar-refractivity contribution < 1.29 is 0 Å². The van der Waals surface area contributed by atoms with Crippen LogP contribution in [0.2, 0.25) is 0 Å². The van der Waals surface area contributed by atoms with Gasteiger partial charge in [-0.3, -0.25) is 0 Å². The highest BCUT2D eigenvalue weighted by Crippen LogP contribution is 2.12. The van der Waals surface area contributed by atoms with E-state index in [1.807, 2.05) is 11.3 Å². The van der Waals surface area contributed by atoms with Crippen LogP contribution in [0.3, 0.4) is 0 Å². The number of thiophene rings is 1. The van der Waals surface area contributed by atoms with Gasteiger partial charge in [0, 0.05) is 23.5 Å². The molecule has 0 saturated carbocycles. The smallest absolute Gasteiger partial charge is 0.0195 e. The van der Waals surface area contributed by atoms with Crippen molar-refractivity contribution in [3.05, 3.63) is 22.4 Å². The molecule has 0 amide bonds. The maximum Gasteiger partial charge on any atom is 0.0195 e. The van der Waals surface area contributed by atoms with E-state index < -0.39 is 0 Å². The minimum atomic E-state index is 0. The highest BCUT2D eigenvalue weighted by atomic mass is 35.5. The van der Waals surface area contributed by atoms with Crippen LogP contribution in [0.5, 0.6) is 0 Å². The van der Waals surface area contributed by atoms with E-state index in [0.29, 0.717) is 12.1 Å². The topological polar surface area (TPSA) is 24.1 Å². The Hall–Kier alpha value is -0.0900. The molecule has 16 heavy (non-hydrogen) atoms. The van der Waals surface area contributed by atoms with Crippen molar-refractivity contribution in [2.24, 2.45) is 0 Å². The van der Waals surface area contributed by atoms with Crippen LogP contribution < -0.4 is 10.6 Å². The Morgan fingerprint density at radius 2 is 2.50 bits per heavy atom. The number of hydrogen-bond donors (Lipinski definition) is 2. The molecule has 1 fully saturated rings. The molecule has 0 aliphatic carbocycles. The molecule has 0 spiro atoms. The van der Waals surface area contributed by atoms with Gasteiger partial charge >= 0.3 is 0 Å². The Balaban J connectivity index is 0.00000128. The van der Waals surface area contributed by atoms with Crippen LogP contribution in [0.25, 0.3) is 0 Å². The SMILES string of the molecule is CC(Cc1cccs1)NC1CCCNC1.Cl. The normalized spacial score (nSPS) is 22.4. The Kier molecular flexibility index (Phi) is 6.36. The number of piperidine rings is 1. The predicted molar refractivity (Wildman–Crippen MR) is 73.8 cm³/mol. The lowest BCUT2D eigenvalue weighted by molar-refractivity contribution is 0.358. The van der Waals surface area contributed by atoms with Crippen LogP contribution in [0.4, 0.5) is 0 Å². The molecule has 1 aromatic heterocycles. The fourth-order valence-corrected chi connectivity index (χ4v) is 3.02. The van der Waals surface area contributed by atoms with Gasteiger partial charge in [-0.15, -0.1) is 23.7 Å². The summed E-state index contributed by atoms with van der Waals surface area (Å²) in [6.45, 7) is 4.61. The zero-order chi connectivity index (χ0) is 10.5. The second-order valence-corrected chi connectivity index (χ2v) is 5.43. The fourth-order valence-electron chi connectivity index (χ4n) is 2.19. The maximum atomic E-state index is 3.70. The van der Waals surface area contributed by atoms with E-state index in [1.165, 1.54) is 24.3 Å². The molecule has 2 nitrogen and oxygen atoms in total. The van der Waals surface area contributed by atoms with Crippen LogP contribution in [-0.2, 0) is 6.42 Å². The van der Waals surface area contributed by atoms with Crippen molar-refractivity contribution >= 4 is 23.7 Å². The molecule has 2 heterocycles. The number of nitrogens with one attached hydrogen (secondary N) is 2. The number of halogens is 1. The third-order valence-corrected chi connectivity index (χ3v) is 3.80. The number of hydrogen-bond acceptors (Lipinski definition) is 3. The molecule has 1 aliphatic rings. The summed E-state index contributed by atoms with van der Waals surface area (Å²) in [5.41, 5.74) is 0. The van der Waals surface area contributed by atoms with Gasteiger partial charge in [-0.05, 0) is 44.2 Å². The van der Waals surface area contributed by atoms with Gasteiger partial charge in [0.05, 0.1) is 0 Å². The summed E-state index contributed by atoms with van der Waals surface area (Å²) in [4.78, 5) is 1.48. The van der Waals surface area contributed by atoms with E-state index >= 15 is 0 Å². The van der Waals surface area contributed by atoms with Gasteiger partial charge in [-0.1, -0.05) is 6.07 Å². The summed E-state index contributed by atoms with van der Waals surface area (Å²) in [6.07, 6.45) is 3.79. The summed E-state index contributed by atoms with van der Waals surface area (Å²) < 4.78 is 0. The van der Waals surface area contributed by atoms with Gasteiger partial charge in [-0.2, -0.15) is 0 Å². The zero-order valence-corrected chi connectivity index (χ0v) is 11.4. The average molecular weight is 261 g/mol. The van der Waals surface area contributed by atoms with E-state index in [-0.39, 0.29) is 12.4 Å². The first-order valence-electron chi connectivity index (χ1n) is 5.84. The van der Waals surface area contributed by atoms with Gasteiger partial charge in [0.15, 0.2) is 0 Å². The summed E-state index contributed by atoms with van der Waals surface area (Å²) >= 11 is 1.86. The summed E-state index contributed by atoms with van der Waals surface area (Å²) in [7, 11) is 0. The van der Waals surface area contributed by atoms with E-state index in [4.69, 9.17) is 0 Å². The van der Waals surface area contributed by atoms with Crippen molar-refractivity contribution in [1.29, 1.82) is 0 Å². The van der Waals surface area contributed by atoms with Gasteiger partial charge in [0.1, 0.15) is 0 Å². The van der Waals surface area contributed by atoms with Crippen molar-refractivity contribution in [3.63, 3.8) is 0 Å². The quantitative estimate of drug-likeness (QED) is 0.869. The van der Waals surface area contributed by atoms with E-state index in [2.05, 4.69) is 35.1 Å². The minimum Gasteiger partial charge on any atom is -0.315 e. The molecule has 1 aromatic rings. The molecular weight excluding hydrogens is 240 g/mol. The molecule has 0 bridgehead atoms. The molecule has 1 aliphatic heterocycles. The average Bonchev–Trinajstić information content (AvgIpc) is 2.71. The Labute approximate surface area is 108 Å². The lowest BCUT2D eigenvalue weighted by Crippen LogP contribution is -2.47. The minimum absolute atomic E-state index is 0. The molecule has 2 atom stereocenters. The molecule has 2 N–H and O–H groups in total. The third-order valence-electron chi connectivity index (χ3n) is 2.90. The van der Waals surface area contributed by atoms with Crippen molar-refractivity contribution in [2.75, 3.05) is 13.1 Å². The first-order valence-corrected chi connectivity index (χ1v) is 6.71. The molecule has 2 unspecified atom stereocenters. The first-order chi connectivity index (χ1) is 7.34. The molecule has 0 aromatic carbocycles. The largest absolute Gasteiger partial charge is 0.315 e. The standard InChI is InChI=1S/C12H20N2S.ClH/c1-10(8-12-5-3-7-15-12)14-11-4-2-6-13-9-11;/h3,5,7,10-11,13-14H,2,4,6,8-9H2,1H3;1H. The summed E-state index contributed by atoms with van der Waals surface area (Å²) in [6, 6.07) is 5.62. The first kappa shape index (κ1) is 14.0. The van der Waals surface area contributed by atoms with Crippen LogP contribution in [0.1, 0.15) is 24.6 Å². The van der Waals surface area contributed by atoms with Crippen molar-refractivity contribution in [3.8, 4) is 0 Å². The monoisotopic (exact) mass is 260 g/mol. The predicted octanol–water partition coefficient (Wildman–Crippen LogP) is 2.44. The van der Waals surface area contributed by atoms with E-state index in [9.17, 15) is 0 Å². The Morgan fingerprint density at radius 3 is 3.12 bits per heavy atom. The second kappa shape index (κ2) is 7.28. The van der Waals surface area contributed by atoms with Crippen LogP contribution >= 0.6 is 23.7 Å². The Bertz CT molecular complexity index is 271. The van der Waals surface area contributed by atoms with Crippen LogP contribution in [0.15, 0.2) is 17.5 Å². The highest BCUT2D eigenvalue weighted by molar-refractivity contribution is 7.09. The van der Waals surface area contributed by atoms with Crippen molar-refractivity contribution in [1.82, 2.24) is 10.6 Å². The van der Waals surface area contributed by atoms with E-state index in [1.54, 1.807) is 0 Å².